The van der Waals surface area contributed by atoms with E-state index in [1.54, 1.807) is 54.9 Å². The van der Waals surface area contributed by atoms with Crippen molar-refractivity contribution in [2.75, 3.05) is 5.32 Å². The number of carbonyl (C=O) groups excluding carboxylic acids is 1. The molecule has 1 aromatic heterocycles. The summed E-state index contributed by atoms with van der Waals surface area (Å²) in [5.41, 5.74) is 1.96. The first-order chi connectivity index (χ1) is 12.7. The van der Waals surface area contributed by atoms with Crippen molar-refractivity contribution in [3.63, 3.8) is 0 Å². The lowest BCUT2D eigenvalue weighted by Crippen LogP contribution is -2.17. The van der Waals surface area contributed by atoms with Crippen LogP contribution in [0.15, 0.2) is 65.8 Å². The Bertz CT molecular complexity index is 1110. The fourth-order valence-corrected chi connectivity index (χ4v) is 3.77. The van der Waals surface area contributed by atoms with Crippen LogP contribution < -0.4 is 10.5 Å². The molecule has 3 N–H and O–H groups in total. The van der Waals surface area contributed by atoms with Crippen LogP contribution in [-0.4, -0.2) is 18.4 Å². The number of nitrogens with one attached hydrogen (secondary N) is 1. The number of primary sulfonamides is 1. The van der Waals surface area contributed by atoms with Gasteiger partial charge in [0, 0.05) is 46.0 Å². The van der Waals surface area contributed by atoms with Gasteiger partial charge in [0.05, 0.1) is 11.3 Å². The second-order valence-electron chi connectivity index (χ2n) is 5.82. The molecule has 0 atom stereocenters. The summed E-state index contributed by atoms with van der Waals surface area (Å²) in [6.07, 6.45) is 3.19. The van der Waals surface area contributed by atoms with Gasteiger partial charge in [0.1, 0.15) is 0 Å². The maximum absolute atomic E-state index is 12.3. The predicted octanol–water partition coefficient (Wildman–Crippen LogP) is 3.64. The van der Waals surface area contributed by atoms with E-state index < -0.39 is 10.0 Å². The smallest absolute Gasteiger partial charge is 0.238 e. The highest BCUT2D eigenvalue weighted by molar-refractivity contribution is 7.89. The number of rotatable bonds is 5. The standard InChI is InChI=1S/C18H15Cl2N3O3S/c19-16-4-2-1-3-12(16)9-18(24)22-14-5-6-15(13-7-8-23(20)11-13)17(10-14)27(21,25)26/h1-8,10-11H,9H2,(H,22,24)(H2,21,25,26). The maximum atomic E-state index is 12.3. The summed E-state index contributed by atoms with van der Waals surface area (Å²) in [5, 5.41) is 8.50. The topological polar surface area (TPSA) is 94.2 Å². The zero-order chi connectivity index (χ0) is 19.6. The molecule has 140 valence electrons. The minimum Gasteiger partial charge on any atom is -0.326 e. The molecule has 0 aliphatic carbocycles. The van der Waals surface area contributed by atoms with Crippen molar-refractivity contribution in [2.45, 2.75) is 11.3 Å². The molecular weight excluding hydrogens is 409 g/mol. The van der Waals surface area contributed by atoms with Gasteiger partial charge in [-0.25, -0.2) is 13.6 Å². The first-order valence-corrected chi connectivity index (χ1v) is 10.0. The molecule has 6 nitrogen and oxygen atoms in total. The number of anilines is 1. The van der Waals surface area contributed by atoms with E-state index in [4.69, 9.17) is 28.5 Å². The minimum atomic E-state index is -4.02. The van der Waals surface area contributed by atoms with Crippen LogP contribution in [0.4, 0.5) is 5.69 Å². The highest BCUT2D eigenvalue weighted by Crippen LogP contribution is 2.30. The summed E-state index contributed by atoms with van der Waals surface area (Å²) >= 11 is 11.9. The van der Waals surface area contributed by atoms with Gasteiger partial charge in [0.2, 0.25) is 15.9 Å². The molecule has 0 spiro atoms. The highest BCUT2D eigenvalue weighted by Gasteiger charge is 2.18. The SMILES string of the molecule is NS(=O)(=O)c1cc(NC(=O)Cc2ccccc2Cl)ccc1-c1ccn(Cl)c1. The summed E-state index contributed by atoms with van der Waals surface area (Å²) in [4.78, 5) is 12.2. The lowest BCUT2D eigenvalue weighted by atomic mass is 10.1. The Hall–Kier alpha value is -2.32. The normalized spacial score (nSPS) is 11.4. The van der Waals surface area contributed by atoms with Crippen LogP contribution in [0, 0.1) is 0 Å². The Balaban J connectivity index is 1.89. The first kappa shape index (κ1) is 19.4. The number of aromatic nitrogens is 1. The number of halogens is 2. The van der Waals surface area contributed by atoms with Gasteiger partial charge in [-0.3, -0.25) is 8.88 Å². The van der Waals surface area contributed by atoms with E-state index in [9.17, 15) is 13.2 Å². The number of carbonyl (C=O) groups is 1. The summed E-state index contributed by atoms with van der Waals surface area (Å²) in [7, 11) is -4.02. The molecule has 0 unspecified atom stereocenters. The van der Waals surface area contributed by atoms with Gasteiger partial charge in [-0.1, -0.05) is 35.9 Å². The third kappa shape index (κ3) is 4.70. The van der Waals surface area contributed by atoms with Gasteiger partial charge in [0.15, 0.2) is 0 Å². The summed E-state index contributed by atoms with van der Waals surface area (Å²) in [6.45, 7) is 0. The largest absolute Gasteiger partial charge is 0.326 e. The van der Waals surface area contributed by atoms with Crippen LogP contribution in [-0.2, 0) is 21.2 Å². The summed E-state index contributed by atoms with van der Waals surface area (Å²) in [5.74, 6) is -0.330. The number of hydrogen-bond donors (Lipinski definition) is 2. The van der Waals surface area contributed by atoms with Gasteiger partial charge in [-0.2, -0.15) is 0 Å². The molecule has 0 saturated carbocycles. The van der Waals surface area contributed by atoms with Crippen LogP contribution in [0.1, 0.15) is 5.56 Å². The van der Waals surface area contributed by atoms with E-state index in [0.29, 0.717) is 27.4 Å². The number of hydrogen-bond acceptors (Lipinski definition) is 3. The van der Waals surface area contributed by atoms with Crippen molar-refractivity contribution in [1.82, 2.24) is 4.09 Å². The first-order valence-electron chi connectivity index (χ1n) is 7.78. The molecule has 1 heterocycles. The molecule has 9 heteroatoms. The number of nitrogens with two attached hydrogens (primary N) is 1. The molecule has 0 bridgehead atoms. The van der Waals surface area contributed by atoms with Crippen LogP contribution >= 0.6 is 23.4 Å². The van der Waals surface area contributed by atoms with E-state index in [-0.39, 0.29) is 17.2 Å². The number of benzene rings is 2. The van der Waals surface area contributed by atoms with E-state index in [2.05, 4.69) is 5.32 Å². The fraction of sp³-hybridized carbons (Fsp3) is 0.0556. The van der Waals surface area contributed by atoms with Gasteiger partial charge < -0.3 is 5.32 Å². The van der Waals surface area contributed by atoms with E-state index in [1.807, 2.05) is 0 Å². The Morgan fingerprint density at radius 2 is 1.89 bits per heavy atom. The van der Waals surface area contributed by atoms with Crippen LogP contribution in [0.3, 0.4) is 0 Å². The van der Waals surface area contributed by atoms with Crippen LogP contribution in [0.5, 0.6) is 0 Å². The number of nitrogens with zero attached hydrogens (tertiary/aromatic N) is 1. The zero-order valence-electron chi connectivity index (χ0n) is 13.9. The maximum Gasteiger partial charge on any atom is 0.238 e. The minimum absolute atomic E-state index is 0.0568. The van der Waals surface area contributed by atoms with Crippen molar-refractivity contribution >= 4 is 45.0 Å². The van der Waals surface area contributed by atoms with Gasteiger partial charge in [-0.15, -0.1) is 0 Å². The lowest BCUT2D eigenvalue weighted by molar-refractivity contribution is -0.115. The summed E-state index contributed by atoms with van der Waals surface area (Å²) in [6, 6.07) is 13.1. The molecule has 0 radical (unpaired) electrons. The van der Waals surface area contributed by atoms with Crippen molar-refractivity contribution in [1.29, 1.82) is 0 Å². The second kappa shape index (κ2) is 7.74. The molecule has 0 saturated heterocycles. The lowest BCUT2D eigenvalue weighted by Gasteiger charge is -2.11. The number of sulfonamides is 1. The van der Waals surface area contributed by atoms with Crippen molar-refractivity contribution in [3.8, 4) is 11.1 Å². The summed E-state index contributed by atoms with van der Waals surface area (Å²) < 4.78 is 25.3. The highest BCUT2D eigenvalue weighted by atomic mass is 35.5. The van der Waals surface area contributed by atoms with Gasteiger partial charge in [-0.05, 0) is 29.8 Å². The molecule has 0 aliphatic heterocycles. The molecular formula is C18H15Cl2N3O3S. The number of amides is 1. The third-order valence-electron chi connectivity index (χ3n) is 3.85. The Kier molecular flexibility index (Phi) is 5.57. The molecule has 3 aromatic rings. The molecule has 1 amide bonds. The zero-order valence-corrected chi connectivity index (χ0v) is 16.2. The average molecular weight is 424 g/mol. The van der Waals surface area contributed by atoms with E-state index >= 15 is 0 Å². The fourth-order valence-electron chi connectivity index (χ4n) is 2.62. The van der Waals surface area contributed by atoms with Crippen LogP contribution in [0.2, 0.25) is 5.02 Å². The second-order valence-corrected chi connectivity index (χ2v) is 8.14. The molecule has 27 heavy (non-hydrogen) atoms. The van der Waals surface area contributed by atoms with Gasteiger partial charge >= 0.3 is 0 Å². The van der Waals surface area contributed by atoms with E-state index in [1.165, 1.54) is 10.2 Å². The van der Waals surface area contributed by atoms with Crippen LogP contribution in [0.25, 0.3) is 11.1 Å². The monoisotopic (exact) mass is 423 g/mol. The molecule has 0 fully saturated rings. The van der Waals surface area contributed by atoms with Gasteiger partial charge in [0.25, 0.3) is 0 Å². The Labute approximate surface area is 166 Å². The Morgan fingerprint density at radius 1 is 1.15 bits per heavy atom. The Morgan fingerprint density at radius 3 is 2.52 bits per heavy atom. The molecule has 3 rings (SSSR count). The third-order valence-corrected chi connectivity index (χ3v) is 5.38. The van der Waals surface area contributed by atoms with E-state index in [0.717, 1.165) is 0 Å². The van der Waals surface area contributed by atoms with Crippen molar-refractivity contribution in [3.05, 3.63) is 71.5 Å². The predicted molar refractivity (Wildman–Crippen MR) is 106 cm³/mol. The molecule has 0 aliphatic rings. The van der Waals surface area contributed by atoms with Crippen molar-refractivity contribution in [2.24, 2.45) is 5.14 Å². The quantitative estimate of drug-likeness (QED) is 0.655. The molecule has 2 aromatic carbocycles. The average Bonchev–Trinajstić information content (AvgIpc) is 3.02. The van der Waals surface area contributed by atoms with Crippen molar-refractivity contribution < 1.29 is 13.2 Å².